The Bertz CT molecular complexity index is 324. The predicted molar refractivity (Wildman–Crippen MR) is 38.5 cm³/mol. The summed E-state index contributed by atoms with van der Waals surface area (Å²) < 4.78 is 0. The fourth-order valence-electron chi connectivity index (χ4n) is 0.699. The van der Waals surface area contributed by atoms with Gasteiger partial charge in [-0.3, -0.25) is 0 Å². The van der Waals surface area contributed by atoms with Gasteiger partial charge < -0.3 is 10.6 Å². The van der Waals surface area contributed by atoms with Gasteiger partial charge in [0.25, 0.3) is 5.87 Å². The van der Waals surface area contributed by atoms with Gasteiger partial charge in [0.05, 0.1) is 0 Å². The van der Waals surface area contributed by atoms with E-state index >= 15 is 0 Å². The number of hydrogen-bond donors (Lipinski definition) is 0. The summed E-state index contributed by atoms with van der Waals surface area (Å²) in [6.07, 6.45) is 0. The number of benzene rings is 1. The first-order valence-corrected chi connectivity index (χ1v) is 3.04. The van der Waals surface area contributed by atoms with Crippen molar-refractivity contribution in [2.24, 2.45) is 0 Å². The first-order valence-electron chi connectivity index (χ1n) is 3.04. The summed E-state index contributed by atoms with van der Waals surface area (Å²) >= 11 is 0. The van der Waals surface area contributed by atoms with Gasteiger partial charge in [0.2, 0.25) is 0 Å². The molecule has 0 unspecified atom stereocenters. The summed E-state index contributed by atoms with van der Waals surface area (Å²) in [5.74, 6) is 1.48. The second-order valence-electron chi connectivity index (χ2n) is 1.91. The molecule has 3 nitrogen and oxygen atoms in total. The van der Waals surface area contributed by atoms with E-state index in [4.69, 9.17) is 5.53 Å². The van der Waals surface area contributed by atoms with Crippen LogP contribution in [0.15, 0.2) is 30.3 Å². The molecule has 1 aromatic carbocycles. The van der Waals surface area contributed by atoms with Crippen LogP contribution >= 0.6 is 0 Å². The van der Waals surface area contributed by atoms with E-state index in [1.165, 1.54) is 0 Å². The molecule has 0 saturated carbocycles. The standard InChI is InChI=1S/C8H6N2O.Li/c9-10-6-8(11)7-4-2-1-3-5-7;/h1-5,11H;/q;+1/p-1. The third kappa shape index (κ3) is 2.80. The van der Waals surface area contributed by atoms with Crippen molar-refractivity contribution in [2.45, 2.75) is 0 Å². The van der Waals surface area contributed by atoms with Gasteiger partial charge >= 0.3 is 18.9 Å². The van der Waals surface area contributed by atoms with Crippen molar-refractivity contribution >= 4 is 11.6 Å². The van der Waals surface area contributed by atoms with Crippen molar-refractivity contribution in [3.8, 4) is 0 Å². The van der Waals surface area contributed by atoms with Gasteiger partial charge in [0.1, 0.15) is 0 Å². The molecule has 1 aromatic rings. The van der Waals surface area contributed by atoms with Crippen LogP contribution in [-0.4, -0.2) is 10.7 Å². The SMILES string of the molecule is [Li+].[N-]=[N+]=C=C([O-])c1ccccc1. The Morgan fingerprint density at radius 2 is 1.92 bits per heavy atom. The van der Waals surface area contributed by atoms with Crippen molar-refractivity contribution in [1.82, 2.24) is 0 Å². The molecule has 54 valence electrons. The molecule has 0 aromatic heterocycles. The Morgan fingerprint density at radius 3 is 2.42 bits per heavy atom. The van der Waals surface area contributed by atoms with E-state index < -0.39 is 5.76 Å². The Morgan fingerprint density at radius 1 is 1.33 bits per heavy atom. The summed E-state index contributed by atoms with van der Waals surface area (Å²) in [5.41, 5.74) is 8.45. The van der Waals surface area contributed by atoms with Gasteiger partial charge in [0.15, 0.2) is 0 Å². The average molecular weight is 152 g/mol. The van der Waals surface area contributed by atoms with E-state index in [-0.39, 0.29) is 18.9 Å². The Kier molecular flexibility index (Phi) is 4.88. The molecule has 0 fully saturated rings. The third-order valence-electron chi connectivity index (χ3n) is 1.19. The van der Waals surface area contributed by atoms with Crippen LogP contribution < -0.4 is 24.0 Å². The van der Waals surface area contributed by atoms with Crippen molar-refractivity contribution < 1.29 is 28.8 Å². The molecule has 1 rings (SSSR count). The molecular weight excluding hydrogens is 147 g/mol. The normalized spacial score (nSPS) is 7.33. The zero-order chi connectivity index (χ0) is 8.10. The molecule has 0 aliphatic heterocycles. The molecule has 0 heterocycles. The number of rotatable bonds is 1. The van der Waals surface area contributed by atoms with Crippen LogP contribution in [0.1, 0.15) is 5.56 Å². The minimum atomic E-state index is -0.423. The Hall–Kier alpha value is -1.22. The van der Waals surface area contributed by atoms with E-state index in [0.717, 1.165) is 0 Å². The van der Waals surface area contributed by atoms with E-state index in [0.29, 0.717) is 5.56 Å². The fourth-order valence-corrected chi connectivity index (χ4v) is 0.699. The molecule has 0 N–H and O–H groups in total. The Labute approximate surface area is 82.1 Å². The smallest absolute Gasteiger partial charge is 0.861 e. The molecule has 0 aliphatic rings. The quantitative estimate of drug-likeness (QED) is 0.142. The summed E-state index contributed by atoms with van der Waals surface area (Å²) in [7, 11) is 0. The number of hydrogen-bond acceptors (Lipinski definition) is 1. The molecule has 12 heavy (non-hydrogen) atoms. The minimum Gasteiger partial charge on any atom is -0.861 e. The summed E-state index contributed by atoms with van der Waals surface area (Å²) in [6.45, 7) is 0. The van der Waals surface area contributed by atoms with Crippen molar-refractivity contribution in [3.63, 3.8) is 0 Å². The van der Waals surface area contributed by atoms with Gasteiger partial charge in [-0.25, -0.2) is 0 Å². The average Bonchev–Trinajstić information content (AvgIpc) is 2.07. The molecule has 0 spiro atoms. The van der Waals surface area contributed by atoms with Gasteiger partial charge in [-0.15, -0.1) is 4.79 Å². The second kappa shape index (κ2) is 5.43. The number of nitrogens with zero attached hydrogens (tertiary/aromatic N) is 2. The zero-order valence-corrected chi connectivity index (χ0v) is 6.69. The first-order chi connectivity index (χ1) is 5.34. The third-order valence-corrected chi connectivity index (χ3v) is 1.19. The van der Waals surface area contributed by atoms with Crippen LogP contribution in [0.5, 0.6) is 0 Å². The van der Waals surface area contributed by atoms with Crippen molar-refractivity contribution in [2.75, 3.05) is 0 Å². The van der Waals surface area contributed by atoms with Crippen molar-refractivity contribution in [1.29, 1.82) is 0 Å². The van der Waals surface area contributed by atoms with Gasteiger partial charge in [-0.05, 0) is 5.56 Å². The second-order valence-corrected chi connectivity index (χ2v) is 1.91. The van der Waals surface area contributed by atoms with E-state index in [9.17, 15) is 5.11 Å². The van der Waals surface area contributed by atoms with Gasteiger partial charge in [-0.1, -0.05) is 30.3 Å². The fraction of sp³-hybridized carbons (Fsp3) is 0. The van der Waals surface area contributed by atoms with Crippen LogP contribution in [0.4, 0.5) is 0 Å². The molecule has 0 amide bonds. The topological polar surface area (TPSA) is 59.5 Å². The molecule has 0 radical (unpaired) electrons. The van der Waals surface area contributed by atoms with Gasteiger partial charge in [0, 0.05) is 5.76 Å². The minimum absolute atomic E-state index is 0. The van der Waals surface area contributed by atoms with E-state index in [1.54, 1.807) is 30.3 Å². The molecular formula is C8H5LiN2O. The van der Waals surface area contributed by atoms with Crippen LogP contribution in [-0.2, 0) is 0 Å². The first kappa shape index (κ1) is 10.8. The Balaban J connectivity index is 0.00000121. The molecule has 0 atom stereocenters. The zero-order valence-electron chi connectivity index (χ0n) is 6.69. The molecule has 0 bridgehead atoms. The largest absolute Gasteiger partial charge is 1.00 e. The maximum atomic E-state index is 10.9. The molecule has 0 aliphatic carbocycles. The van der Waals surface area contributed by atoms with Crippen LogP contribution in [0.2, 0.25) is 0 Å². The molecule has 0 saturated heterocycles. The van der Waals surface area contributed by atoms with Crippen molar-refractivity contribution in [3.05, 3.63) is 41.4 Å². The maximum Gasteiger partial charge on any atom is 1.00 e. The summed E-state index contributed by atoms with van der Waals surface area (Å²) in [6, 6.07) is 8.51. The summed E-state index contributed by atoms with van der Waals surface area (Å²) in [4.78, 5) is 2.51. The van der Waals surface area contributed by atoms with Crippen LogP contribution in [0, 0.1) is 0 Å². The summed E-state index contributed by atoms with van der Waals surface area (Å²) in [5, 5.41) is 10.9. The van der Waals surface area contributed by atoms with Crippen LogP contribution in [0.3, 0.4) is 0 Å². The predicted octanol–water partition coefficient (Wildman–Crippen LogP) is -2.71. The maximum absolute atomic E-state index is 10.9. The molecule has 4 heteroatoms. The van der Waals surface area contributed by atoms with E-state index in [2.05, 4.69) is 4.79 Å². The van der Waals surface area contributed by atoms with Gasteiger partial charge in [-0.2, -0.15) is 0 Å². The monoisotopic (exact) mass is 152 g/mol. The van der Waals surface area contributed by atoms with Crippen LogP contribution in [0.25, 0.3) is 11.3 Å². The van der Waals surface area contributed by atoms with E-state index in [1.807, 2.05) is 5.87 Å².